The number of anilines is 4. The molecule has 0 aliphatic rings. The van der Waals surface area contributed by atoms with Crippen LogP contribution in [0.25, 0.3) is 11.5 Å². The highest BCUT2D eigenvalue weighted by Crippen LogP contribution is 2.23. The second-order valence-electron chi connectivity index (χ2n) is 5.84. The minimum absolute atomic E-state index is 0.0926. The third-order valence-corrected chi connectivity index (χ3v) is 3.20. The lowest BCUT2D eigenvalue weighted by molar-refractivity contribution is 0.584. The average molecular weight is 357 g/mol. The summed E-state index contributed by atoms with van der Waals surface area (Å²) in [5.41, 5.74) is 6.27. The zero-order chi connectivity index (χ0) is 18.7. The van der Waals surface area contributed by atoms with Crippen molar-refractivity contribution in [3.05, 3.63) is 48.2 Å². The Labute approximate surface area is 148 Å². The molecule has 3 aromatic rings. The van der Waals surface area contributed by atoms with E-state index in [1.807, 2.05) is 13.8 Å². The van der Waals surface area contributed by atoms with Crippen LogP contribution >= 0.6 is 0 Å². The van der Waals surface area contributed by atoms with Crippen molar-refractivity contribution >= 4 is 23.3 Å². The zero-order valence-electron chi connectivity index (χ0n) is 14.2. The van der Waals surface area contributed by atoms with E-state index >= 15 is 0 Å². The fraction of sp³-hybridized carbons (Fsp3) is 0.176. The van der Waals surface area contributed by atoms with Crippen LogP contribution in [0.3, 0.4) is 0 Å². The van der Waals surface area contributed by atoms with E-state index in [0.29, 0.717) is 23.2 Å². The Bertz CT molecular complexity index is 910. The molecule has 134 valence electrons. The van der Waals surface area contributed by atoms with Gasteiger partial charge in [0.05, 0.1) is 0 Å². The van der Waals surface area contributed by atoms with E-state index in [9.17, 15) is 8.78 Å². The fourth-order valence-corrected chi connectivity index (χ4v) is 2.27. The van der Waals surface area contributed by atoms with Gasteiger partial charge in [0.2, 0.25) is 5.95 Å². The highest BCUT2D eigenvalue weighted by atomic mass is 19.1. The molecule has 0 spiro atoms. The van der Waals surface area contributed by atoms with Gasteiger partial charge in [0.1, 0.15) is 29.0 Å². The number of hydrogen-bond donors (Lipinski definition) is 3. The van der Waals surface area contributed by atoms with Gasteiger partial charge in [0.15, 0.2) is 5.82 Å². The summed E-state index contributed by atoms with van der Waals surface area (Å²) in [6, 6.07) is 6.51. The van der Waals surface area contributed by atoms with Gasteiger partial charge < -0.3 is 16.4 Å². The molecule has 2 heterocycles. The monoisotopic (exact) mass is 357 g/mol. The minimum atomic E-state index is -0.689. The highest BCUT2D eigenvalue weighted by Gasteiger charge is 2.11. The molecule has 4 N–H and O–H groups in total. The lowest BCUT2D eigenvalue weighted by atomic mass is 10.3. The Kier molecular flexibility index (Phi) is 4.87. The molecule has 0 radical (unpaired) electrons. The van der Waals surface area contributed by atoms with E-state index in [4.69, 9.17) is 5.73 Å². The van der Waals surface area contributed by atoms with Gasteiger partial charge >= 0.3 is 0 Å². The van der Waals surface area contributed by atoms with Crippen LogP contribution in [0.1, 0.15) is 13.8 Å². The van der Waals surface area contributed by atoms with Crippen LogP contribution in [0.5, 0.6) is 0 Å². The predicted molar refractivity (Wildman–Crippen MR) is 95.9 cm³/mol. The molecule has 0 amide bonds. The largest absolute Gasteiger partial charge is 0.368 e. The van der Waals surface area contributed by atoms with E-state index in [1.54, 1.807) is 12.1 Å². The van der Waals surface area contributed by atoms with Crippen molar-refractivity contribution in [2.45, 2.75) is 19.9 Å². The molecule has 26 heavy (non-hydrogen) atoms. The van der Waals surface area contributed by atoms with Crippen LogP contribution in [0.4, 0.5) is 32.1 Å². The summed E-state index contributed by atoms with van der Waals surface area (Å²) in [6.07, 6.45) is 1.50. The Morgan fingerprint density at radius 3 is 2.31 bits per heavy atom. The Morgan fingerprint density at radius 1 is 0.962 bits per heavy atom. The Morgan fingerprint density at radius 2 is 1.65 bits per heavy atom. The molecule has 2 aromatic heterocycles. The fourth-order valence-electron chi connectivity index (χ4n) is 2.27. The van der Waals surface area contributed by atoms with Crippen molar-refractivity contribution in [1.29, 1.82) is 0 Å². The van der Waals surface area contributed by atoms with E-state index in [0.717, 1.165) is 6.07 Å². The number of aromatic nitrogens is 4. The summed E-state index contributed by atoms with van der Waals surface area (Å²) in [7, 11) is 0. The summed E-state index contributed by atoms with van der Waals surface area (Å²) in [5.74, 6) is -0.113. The van der Waals surface area contributed by atoms with E-state index in [1.165, 1.54) is 18.3 Å². The number of nitrogens with two attached hydrogens (primary N) is 1. The number of benzene rings is 1. The molecular formula is C17H17F2N7. The molecule has 0 aliphatic heterocycles. The SMILES string of the molecule is CC(C)Nc1cc(Nc2cc(F)cc(F)c2)nc(-c2ccnc(N)n2)n1. The summed E-state index contributed by atoms with van der Waals surface area (Å²) in [4.78, 5) is 16.7. The molecule has 0 fully saturated rings. The first-order valence-electron chi connectivity index (χ1n) is 7.86. The topological polar surface area (TPSA) is 102 Å². The first kappa shape index (κ1) is 17.5. The summed E-state index contributed by atoms with van der Waals surface area (Å²) in [6.45, 7) is 3.92. The average Bonchev–Trinajstić information content (AvgIpc) is 2.53. The van der Waals surface area contributed by atoms with Crippen molar-refractivity contribution in [2.24, 2.45) is 0 Å². The molecule has 1 aromatic carbocycles. The number of halogens is 2. The van der Waals surface area contributed by atoms with Gasteiger partial charge in [0, 0.05) is 30.1 Å². The van der Waals surface area contributed by atoms with Gasteiger partial charge in [-0.15, -0.1) is 0 Å². The number of nitrogens with zero attached hydrogens (tertiary/aromatic N) is 4. The molecule has 3 rings (SSSR count). The standard InChI is InChI=1S/C17H17F2N7/c1-9(2)22-14-8-15(23-12-6-10(18)5-11(19)7-12)26-16(25-14)13-3-4-21-17(20)24-13/h3-9H,1-2H3,(H2,20,21,24)(H2,22,23,25,26). The zero-order valence-corrected chi connectivity index (χ0v) is 14.2. The summed E-state index contributed by atoms with van der Waals surface area (Å²) in [5, 5.41) is 6.04. The Hall–Kier alpha value is -3.36. The van der Waals surface area contributed by atoms with Crippen LogP contribution in [0.2, 0.25) is 0 Å². The van der Waals surface area contributed by atoms with Crippen molar-refractivity contribution in [1.82, 2.24) is 19.9 Å². The summed E-state index contributed by atoms with van der Waals surface area (Å²) >= 11 is 0. The van der Waals surface area contributed by atoms with Gasteiger partial charge in [0.25, 0.3) is 0 Å². The lowest BCUT2D eigenvalue weighted by Gasteiger charge is -2.13. The van der Waals surface area contributed by atoms with Gasteiger partial charge in [-0.2, -0.15) is 0 Å². The number of hydrogen-bond acceptors (Lipinski definition) is 7. The van der Waals surface area contributed by atoms with Crippen LogP contribution < -0.4 is 16.4 Å². The maximum Gasteiger partial charge on any atom is 0.220 e. The third kappa shape index (κ3) is 4.38. The van der Waals surface area contributed by atoms with Gasteiger partial charge in [-0.3, -0.25) is 0 Å². The quantitative estimate of drug-likeness (QED) is 0.643. The molecule has 7 nitrogen and oxygen atoms in total. The van der Waals surface area contributed by atoms with Crippen LogP contribution in [0.15, 0.2) is 36.5 Å². The Balaban J connectivity index is 2.01. The number of nitrogens with one attached hydrogen (secondary N) is 2. The summed E-state index contributed by atoms with van der Waals surface area (Å²) < 4.78 is 26.8. The minimum Gasteiger partial charge on any atom is -0.368 e. The highest BCUT2D eigenvalue weighted by molar-refractivity contribution is 5.64. The lowest BCUT2D eigenvalue weighted by Crippen LogP contribution is -2.12. The van der Waals surface area contributed by atoms with Crippen LogP contribution in [-0.4, -0.2) is 26.0 Å². The second kappa shape index (κ2) is 7.26. The van der Waals surface area contributed by atoms with Gasteiger partial charge in [-0.25, -0.2) is 28.7 Å². The third-order valence-electron chi connectivity index (χ3n) is 3.20. The van der Waals surface area contributed by atoms with Crippen molar-refractivity contribution in [3.8, 4) is 11.5 Å². The predicted octanol–water partition coefficient (Wildman–Crippen LogP) is 3.36. The van der Waals surface area contributed by atoms with E-state index in [-0.39, 0.29) is 17.7 Å². The molecule has 0 aliphatic carbocycles. The maximum atomic E-state index is 13.4. The van der Waals surface area contributed by atoms with Gasteiger partial charge in [-0.1, -0.05) is 0 Å². The van der Waals surface area contributed by atoms with Crippen molar-refractivity contribution < 1.29 is 8.78 Å². The molecule has 9 heteroatoms. The number of rotatable bonds is 5. The molecule has 0 bridgehead atoms. The number of nitrogen functional groups attached to an aromatic ring is 1. The van der Waals surface area contributed by atoms with Gasteiger partial charge in [-0.05, 0) is 32.0 Å². The molecule has 0 saturated carbocycles. The molecular weight excluding hydrogens is 340 g/mol. The molecule has 0 atom stereocenters. The second-order valence-corrected chi connectivity index (χ2v) is 5.84. The first-order chi connectivity index (χ1) is 12.4. The normalized spacial score (nSPS) is 10.8. The van der Waals surface area contributed by atoms with Crippen LogP contribution in [-0.2, 0) is 0 Å². The van der Waals surface area contributed by atoms with E-state index < -0.39 is 11.6 Å². The first-order valence-corrected chi connectivity index (χ1v) is 7.86. The maximum absolute atomic E-state index is 13.4. The van der Waals surface area contributed by atoms with Crippen LogP contribution in [0, 0.1) is 11.6 Å². The van der Waals surface area contributed by atoms with E-state index in [2.05, 4.69) is 30.6 Å². The van der Waals surface area contributed by atoms with Crippen molar-refractivity contribution in [3.63, 3.8) is 0 Å². The molecule has 0 unspecified atom stereocenters. The van der Waals surface area contributed by atoms with Crippen molar-refractivity contribution in [2.75, 3.05) is 16.4 Å². The smallest absolute Gasteiger partial charge is 0.220 e. The molecule has 0 saturated heterocycles.